The van der Waals surface area contributed by atoms with Crippen LogP contribution in [0.1, 0.15) is 16.1 Å². The standard InChI is InChI=1S/C9H9N3O2/c1-6-8(9(13)14-2)7-5-10-3-4-12(7)11-6/h3-5H,1-2H3. The molecule has 2 aromatic heterocycles. The van der Waals surface area contributed by atoms with Crippen LogP contribution in [-0.4, -0.2) is 27.7 Å². The highest BCUT2D eigenvalue weighted by Gasteiger charge is 2.16. The molecule has 0 aromatic carbocycles. The maximum atomic E-state index is 11.4. The van der Waals surface area contributed by atoms with Crippen molar-refractivity contribution in [1.29, 1.82) is 0 Å². The lowest BCUT2D eigenvalue weighted by molar-refractivity contribution is 0.0602. The monoisotopic (exact) mass is 191 g/mol. The third-order valence-electron chi connectivity index (χ3n) is 2.00. The van der Waals surface area contributed by atoms with Crippen LogP contribution in [0.5, 0.6) is 0 Å². The van der Waals surface area contributed by atoms with Crippen molar-refractivity contribution < 1.29 is 9.53 Å². The van der Waals surface area contributed by atoms with Crippen LogP contribution in [0.15, 0.2) is 18.6 Å². The summed E-state index contributed by atoms with van der Waals surface area (Å²) in [7, 11) is 1.35. The van der Waals surface area contributed by atoms with E-state index in [2.05, 4.69) is 14.8 Å². The molecular formula is C9H9N3O2. The number of hydrogen-bond acceptors (Lipinski definition) is 4. The van der Waals surface area contributed by atoms with E-state index >= 15 is 0 Å². The third-order valence-corrected chi connectivity index (χ3v) is 2.00. The van der Waals surface area contributed by atoms with E-state index in [-0.39, 0.29) is 5.97 Å². The predicted molar refractivity (Wildman–Crippen MR) is 49.1 cm³/mol. The van der Waals surface area contributed by atoms with E-state index in [1.165, 1.54) is 7.11 Å². The summed E-state index contributed by atoms with van der Waals surface area (Å²) >= 11 is 0. The maximum Gasteiger partial charge on any atom is 0.342 e. The lowest BCUT2D eigenvalue weighted by Gasteiger charge is -1.96. The number of hydrogen-bond donors (Lipinski definition) is 0. The van der Waals surface area contributed by atoms with Crippen molar-refractivity contribution in [3.8, 4) is 0 Å². The minimum atomic E-state index is -0.384. The first-order valence-electron chi connectivity index (χ1n) is 4.11. The molecule has 2 rings (SSSR count). The van der Waals surface area contributed by atoms with Gasteiger partial charge in [0, 0.05) is 12.4 Å². The molecule has 0 aliphatic rings. The second-order valence-electron chi connectivity index (χ2n) is 2.86. The number of esters is 1. The summed E-state index contributed by atoms with van der Waals surface area (Å²) < 4.78 is 6.27. The zero-order valence-corrected chi connectivity index (χ0v) is 7.89. The number of methoxy groups -OCH3 is 1. The summed E-state index contributed by atoms with van der Waals surface area (Å²) in [4.78, 5) is 15.3. The SMILES string of the molecule is COC(=O)c1c(C)nn2ccncc12. The van der Waals surface area contributed by atoms with Gasteiger partial charge in [-0.25, -0.2) is 9.31 Å². The molecule has 0 amide bonds. The van der Waals surface area contributed by atoms with Crippen LogP contribution >= 0.6 is 0 Å². The Bertz CT molecular complexity index is 490. The van der Waals surface area contributed by atoms with E-state index in [9.17, 15) is 4.79 Å². The number of ether oxygens (including phenoxy) is 1. The molecule has 14 heavy (non-hydrogen) atoms. The summed E-state index contributed by atoms with van der Waals surface area (Å²) in [6.07, 6.45) is 4.89. The Balaban J connectivity index is 2.74. The molecule has 0 N–H and O–H groups in total. The first kappa shape index (κ1) is 8.68. The number of aromatic nitrogens is 3. The molecule has 5 heteroatoms. The second kappa shape index (κ2) is 3.10. The molecule has 0 spiro atoms. The molecule has 0 aliphatic heterocycles. The van der Waals surface area contributed by atoms with Gasteiger partial charge in [0.25, 0.3) is 0 Å². The van der Waals surface area contributed by atoms with Crippen molar-refractivity contribution in [3.05, 3.63) is 29.8 Å². The van der Waals surface area contributed by atoms with E-state index < -0.39 is 0 Å². The van der Waals surface area contributed by atoms with Gasteiger partial charge in [0.2, 0.25) is 0 Å². The fraction of sp³-hybridized carbons (Fsp3) is 0.222. The highest BCUT2D eigenvalue weighted by atomic mass is 16.5. The molecule has 5 nitrogen and oxygen atoms in total. The normalized spacial score (nSPS) is 10.4. The first-order valence-corrected chi connectivity index (χ1v) is 4.11. The fourth-order valence-corrected chi connectivity index (χ4v) is 1.37. The van der Waals surface area contributed by atoms with Gasteiger partial charge in [-0.2, -0.15) is 5.10 Å². The summed E-state index contributed by atoms with van der Waals surface area (Å²) in [5.41, 5.74) is 1.78. The minimum absolute atomic E-state index is 0.384. The van der Waals surface area contributed by atoms with Crippen molar-refractivity contribution in [3.63, 3.8) is 0 Å². The van der Waals surface area contributed by atoms with E-state index in [1.54, 1.807) is 30.0 Å². The van der Waals surface area contributed by atoms with Gasteiger partial charge in [-0.3, -0.25) is 4.98 Å². The molecule has 0 bridgehead atoms. The van der Waals surface area contributed by atoms with Crippen molar-refractivity contribution in [2.45, 2.75) is 6.92 Å². The minimum Gasteiger partial charge on any atom is -0.465 e. The summed E-state index contributed by atoms with van der Waals surface area (Å²) in [6, 6.07) is 0. The summed E-state index contributed by atoms with van der Waals surface area (Å²) in [5, 5.41) is 4.16. The average Bonchev–Trinajstić information content (AvgIpc) is 2.53. The Hall–Kier alpha value is -1.91. The number of carbonyl (C=O) groups is 1. The first-order chi connectivity index (χ1) is 6.74. The van der Waals surface area contributed by atoms with Crippen LogP contribution in [-0.2, 0) is 4.74 Å². The number of fused-ring (bicyclic) bond motifs is 1. The second-order valence-corrected chi connectivity index (χ2v) is 2.86. The van der Waals surface area contributed by atoms with Crippen LogP contribution < -0.4 is 0 Å². The molecule has 0 saturated heterocycles. The van der Waals surface area contributed by atoms with Gasteiger partial charge in [-0.05, 0) is 6.92 Å². The number of nitrogens with zero attached hydrogens (tertiary/aromatic N) is 3. The van der Waals surface area contributed by atoms with Crippen molar-refractivity contribution >= 4 is 11.5 Å². The Kier molecular flexibility index (Phi) is 1.92. The highest BCUT2D eigenvalue weighted by molar-refractivity contribution is 5.97. The van der Waals surface area contributed by atoms with Gasteiger partial charge in [0.05, 0.1) is 24.5 Å². The fourth-order valence-electron chi connectivity index (χ4n) is 1.37. The van der Waals surface area contributed by atoms with Gasteiger partial charge < -0.3 is 4.74 Å². The van der Waals surface area contributed by atoms with Gasteiger partial charge in [-0.1, -0.05) is 0 Å². The van der Waals surface area contributed by atoms with Crippen LogP contribution in [0.3, 0.4) is 0 Å². The lowest BCUT2D eigenvalue weighted by atomic mass is 10.2. The number of carbonyl (C=O) groups excluding carboxylic acids is 1. The zero-order chi connectivity index (χ0) is 10.1. The summed E-state index contributed by atoms with van der Waals surface area (Å²) in [6.45, 7) is 1.76. The Labute approximate surface area is 80.3 Å². The maximum absolute atomic E-state index is 11.4. The lowest BCUT2D eigenvalue weighted by Crippen LogP contribution is -2.02. The molecule has 2 heterocycles. The Morgan fingerprint density at radius 2 is 2.36 bits per heavy atom. The molecule has 0 fully saturated rings. The van der Waals surface area contributed by atoms with Gasteiger partial charge in [-0.15, -0.1) is 0 Å². The van der Waals surface area contributed by atoms with Crippen LogP contribution in [0.25, 0.3) is 5.52 Å². The van der Waals surface area contributed by atoms with Crippen LogP contribution in [0.4, 0.5) is 0 Å². The van der Waals surface area contributed by atoms with Gasteiger partial charge >= 0.3 is 5.97 Å². The molecule has 0 atom stereocenters. The van der Waals surface area contributed by atoms with Gasteiger partial charge in [0.15, 0.2) is 0 Å². The number of rotatable bonds is 1. The van der Waals surface area contributed by atoms with Crippen molar-refractivity contribution in [1.82, 2.24) is 14.6 Å². The quantitative estimate of drug-likeness (QED) is 0.626. The van der Waals surface area contributed by atoms with Crippen LogP contribution in [0.2, 0.25) is 0 Å². The van der Waals surface area contributed by atoms with Crippen molar-refractivity contribution in [2.75, 3.05) is 7.11 Å². The third kappa shape index (κ3) is 1.14. The Morgan fingerprint density at radius 3 is 3.07 bits per heavy atom. The average molecular weight is 191 g/mol. The topological polar surface area (TPSA) is 56.5 Å². The molecule has 0 saturated carbocycles. The summed E-state index contributed by atoms with van der Waals surface area (Å²) in [5.74, 6) is -0.384. The van der Waals surface area contributed by atoms with Crippen LogP contribution in [0, 0.1) is 6.92 Å². The molecule has 72 valence electrons. The van der Waals surface area contributed by atoms with E-state index in [0.29, 0.717) is 16.8 Å². The molecular weight excluding hydrogens is 182 g/mol. The largest absolute Gasteiger partial charge is 0.465 e. The van der Waals surface area contributed by atoms with Crippen molar-refractivity contribution in [2.24, 2.45) is 0 Å². The van der Waals surface area contributed by atoms with Gasteiger partial charge in [0.1, 0.15) is 5.56 Å². The predicted octanol–water partition coefficient (Wildman–Crippen LogP) is 0.824. The molecule has 0 radical (unpaired) electrons. The highest BCUT2D eigenvalue weighted by Crippen LogP contribution is 2.14. The zero-order valence-electron chi connectivity index (χ0n) is 7.89. The van der Waals surface area contributed by atoms with E-state index in [4.69, 9.17) is 0 Å². The smallest absolute Gasteiger partial charge is 0.342 e. The Morgan fingerprint density at radius 1 is 1.57 bits per heavy atom. The molecule has 0 unspecified atom stereocenters. The molecule has 2 aromatic rings. The van der Waals surface area contributed by atoms with E-state index in [0.717, 1.165) is 0 Å². The molecule has 0 aliphatic carbocycles. The number of aryl methyl sites for hydroxylation is 1. The van der Waals surface area contributed by atoms with E-state index in [1.807, 2.05) is 0 Å².